The lowest BCUT2D eigenvalue weighted by atomic mass is 9.90. The molecule has 4 heterocycles. The zero-order valence-electron chi connectivity index (χ0n) is 21.2. The van der Waals surface area contributed by atoms with Crippen LogP contribution in [-0.4, -0.2) is 85.4 Å². The van der Waals surface area contributed by atoms with Gasteiger partial charge in [0.1, 0.15) is 17.3 Å². The van der Waals surface area contributed by atoms with Crippen molar-refractivity contribution in [1.29, 1.82) is 0 Å². The minimum atomic E-state index is -0.917. The van der Waals surface area contributed by atoms with Gasteiger partial charge in [-0.15, -0.1) is 0 Å². The first-order valence-electron chi connectivity index (χ1n) is 12.7. The maximum atomic E-state index is 14.4. The molecule has 0 saturated carbocycles. The summed E-state index contributed by atoms with van der Waals surface area (Å²) in [6.07, 6.45) is 5.81. The summed E-state index contributed by atoms with van der Waals surface area (Å²) >= 11 is 0. The number of benzene rings is 1. The summed E-state index contributed by atoms with van der Waals surface area (Å²) in [5, 5.41) is 21.9. The molecule has 2 aliphatic rings. The minimum Gasteiger partial charge on any atom is -0.388 e. The van der Waals surface area contributed by atoms with Gasteiger partial charge in [0.05, 0.1) is 23.9 Å². The Balaban J connectivity index is 1.38. The molecule has 0 bridgehead atoms. The van der Waals surface area contributed by atoms with Crippen molar-refractivity contribution in [3.8, 4) is 0 Å². The number of halogens is 2. The van der Waals surface area contributed by atoms with E-state index in [1.54, 1.807) is 11.0 Å². The van der Waals surface area contributed by atoms with Gasteiger partial charge in [-0.25, -0.2) is 18.8 Å². The molecular weight excluding hydrogens is 496 g/mol. The zero-order chi connectivity index (χ0) is 27.0. The molecule has 9 nitrogen and oxygen atoms in total. The Morgan fingerprint density at radius 1 is 1.13 bits per heavy atom. The molecule has 0 spiro atoms. The molecule has 11 heteroatoms. The predicted molar refractivity (Wildman–Crippen MR) is 134 cm³/mol. The van der Waals surface area contributed by atoms with Crippen LogP contribution in [0.3, 0.4) is 0 Å². The number of rotatable bonds is 7. The molecule has 2 aromatic heterocycles. The molecule has 2 saturated heterocycles. The van der Waals surface area contributed by atoms with Crippen molar-refractivity contribution >= 4 is 22.7 Å². The third-order valence-electron chi connectivity index (χ3n) is 7.56. The summed E-state index contributed by atoms with van der Waals surface area (Å²) in [6, 6.07) is 5.07. The van der Waals surface area contributed by atoms with E-state index in [1.807, 2.05) is 10.8 Å². The Kier molecular flexibility index (Phi) is 7.17. The predicted octanol–water partition coefficient (Wildman–Crippen LogP) is 2.77. The number of aromatic nitrogens is 2. The van der Waals surface area contributed by atoms with E-state index < -0.39 is 23.1 Å². The molecule has 0 radical (unpaired) electrons. The van der Waals surface area contributed by atoms with Crippen LogP contribution < -0.4 is 0 Å². The average Bonchev–Trinajstić information content (AvgIpc) is 3.44. The van der Waals surface area contributed by atoms with Crippen LogP contribution in [0.1, 0.15) is 47.3 Å². The van der Waals surface area contributed by atoms with Crippen LogP contribution in [0.5, 0.6) is 0 Å². The van der Waals surface area contributed by atoms with E-state index >= 15 is 0 Å². The summed E-state index contributed by atoms with van der Waals surface area (Å²) < 4.78 is 29.6. The number of piperidine rings is 1. The smallest absolute Gasteiger partial charge is 0.295 e. The van der Waals surface area contributed by atoms with Gasteiger partial charge in [-0.2, -0.15) is 0 Å². The molecule has 5 rings (SSSR count). The Bertz CT molecular complexity index is 1370. The molecule has 2 aliphatic heterocycles. The second kappa shape index (κ2) is 10.4. The molecule has 1 aromatic carbocycles. The fourth-order valence-corrected chi connectivity index (χ4v) is 5.39. The minimum absolute atomic E-state index is 0.0674. The highest BCUT2D eigenvalue weighted by Gasteiger charge is 2.36. The summed E-state index contributed by atoms with van der Waals surface area (Å²) in [6.45, 7) is 2.94. The summed E-state index contributed by atoms with van der Waals surface area (Å²) in [4.78, 5) is 32.5. The highest BCUT2D eigenvalue weighted by atomic mass is 19.1. The molecule has 3 aromatic rings. The summed E-state index contributed by atoms with van der Waals surface area (Å²) in [5.74, 6) is -1.86. The van der Waals surface area contributed by atoms with Gasteiger partial charge in [0.15, 0.2) is 0 Å². The summed E-state index contributed by atoms with van der Waals surface area (Å²) in [5.41, 5.74) is 1.00. The molecule has 0 atom stereocenters. The number of aliphatic hydroxyl groups is 1. The number of carbonyl (C=O) groups is 2. The van der Waals surface area contributed by atoms with Crippen LogP contribution in [0.2, 0.25) is 0 Å². The number of nitrogens with zero attached hydrogens (tertiary/aromatic N) is 5. The van der Waals surface area contributed by atoms with Crippen molar-refractivity contribution in [2.24, 2.45) is 0 Å². The van der Waals surface area contributed by atoms with Gasteiger partial charge >= 0.3 is 0 Å². The van der Waals surface area contributed by atoms with Crippen molar-refractivity contribution in [3.63, 3.8) is 0 Å². The quantitative estimate of drug-likeness (QED) is 0.362. The first-order valence-corrected chi connectivity index (χ1v) is 12.7. The standard InChI is InChI=1S/C27H31F2N5O4/c1-31(38)26(36)23-12-21-19(14-32-9-6-27(37,7-10-32)17-33-8-2-3-25(33)35)16-34(24(21)13-30-23)15-18-4-5-20(28)11-22(18)29/h4-5,11-13,16,37-38H,2-3,6-10,14-15,17H2,1H3. The van der Waals surface area contributed by atoms with Gasteiger partial charge in [0, 0.05) is 69.4 Å². The highest BCUT2D eigenvalue weighted by molar-refractivity contribution is 5.96. The van der Waals surface area contributed by atoms with E-state index in [4.69, 9.17) is 0 Å². The normalized spacial score (nSPS) is 17.9. The molecule has 38 heavy (non-hydrogen) atoms. The largest absolute Gasteiger partial charge is 0.388 e. The van der Waals surface area contributed by atoms with E-state index in [0.717, 1.165) is 23.4 Å². The number of pyridine rings is 1. The average molecular weight is 528 g/mol. The molecule has 0 unspecified atom stereocenters. The van der Waals surface area contributed by atoms with Gasteiger partial charge in [0.2, 0.25) is 5.91 Å². The highest BCUT2D eigenvalue weighted by Crippen LogP contribution is 2.29. The van der Waals surface area contributed by atoms with E-state index in [2.05, 4.69) is 9.88 Å². The number of hydroxylamine groups is 2. The second-order valence-electron chi connectivity index (χ2n) is 10.4. The van der Waals surface area contributed by atoms with Gasteiger partial charge < -0.3 is 14.6 Å². The van der Waals surface area contributed by atoms with Crippen molar-refractivity contribution in [2.45, 2.75) is 44.4 Å². The lowest BCUT2D eigenvalue weighted by molar-refractivity contribution is -0.132. The van der Waals surface area contributed by atoms with Gasteiger partial charge in [-0.05, 0) is 37.0 Å². The number of hydrogen-bond acceptors (Lipinski definition) is 6. The number of β-amino-alcohol motifs (C(OH)–C–C–N with tert-alkyl or cyclic N) is 1. The van der Waals surface area contributed by atoms with Crippen molar-refractivity contribution in [2.75, 3.05) is 33.2 Å². The van der Waals surface area contributed by atoms with Crippen molar-refractivity contribution in [1.82, 2.24) is 24.4 Å². The van der Waals surface area contributed by atoms with Crippen LogP contribution in [0.25, 0.3) is 10.9 Å². The van der Waals surface area contributed by atoms with Crippen LogP contribution in [0, 0.1) is 11.6 Å². The Morgan fingerprint density at radius 3 is 2.55 bits per heavy atom. The molecule has 2 amide bonds. The first kappa shape index (κ1) is 26.2. The molecule has 0 aliphatic carbocycles. The van der Waals surface area contributed by atoms with Gasteiger partial charge in [0.25, 0.3) is 5.91 Å². The molecule has 2 N–H and O–H groups in total. The first-order chi connectivity index (χ1) is 18.1. The van der Waals surface area contributed by atoms with Crippen molar-refractivity contribution in [3.05, 3.63) is 65.1 Å². The SMILES string of the molecule is CN(O)C(=O)c1cc2c(CN3CCC(O)(CN4CCCC4=O)CC3)cn(Cc3ccc(F)cc3F)c2cn1. The molecule has 202 valence electrons. The number of amides is 2. The topological polar surface area (TPSA) is 102 Å². The van der Waals surface area contributed by atoms with Crippen LogP contribution in [0.15, 0.2) is 36.7 Å². The molecular formula is C27H31F2N5O4. The Hall–Kier alpha value is -3.41. The summed E-state index contributed by atoms with van der Waals surface area (Å²) in [7, 11) is 1.22. The van der Waals surface area contributed by atoms with E-state index in [1.165, 1.54) is 25.4 Å². The third-order valence-corrected chi connectivity index (χ3v) is 7.56. The van der Waals surface area contributed by atoms with Gasteiger partial charge in [-0.1, -0.05) is 6.07 Å². The van der Waals surface area contributed by atoms with Crippen LogP contribution >= 0.6 is 0 Å². The third kappa shape index (κ3) is 5.40. The monoisotopic (exact) mass is 527 g/mol. The second-order valence-corrected chi connectivity index (χ2v) is 10.4. The number of carbonyl (C=O) groups excluding carboxylic acids is 2. The van der Waals surface area contributed by atoms with Crippen LogP contribution in [-0.2, 0) is 17.9 Å². The zero-order valence-corrected chi connectivity index (χ0v) is 21.2. The Labute approximate surface area is 218 Å². The maximum absolute atomic E-state index is 14.4. The molecule has 2 fully saturated rings. The fraction of sp³-hybridized carbons (Fsp3) is 0.444. The fourth-order valence-electron chi connectivity index (χ4n) is 5.39. The number of fused-ring (bicyclic) bond motifs is 1. The lowest BCUT2D eigenvalue weighted by Gasteiger charge is -2.40. The van der Waals surface area contributed by atoms with Crippen molar-refractivity contribution < 1.29 is 28.7 Å². The van der Waals surface area contributed by atoms with Crippen LogP contribution in [0.4, 0.5) is 8.78 Å². The maximum Gasteiger partial charge on any atom is 0.295 e. The number of hydrogen-bond donors (Lipinski definition) is 2. The van der Waals surface area contributed by atoms with Gasteiger partial charge in [-0.3, -0.25) is 19.7 Å². The van der Waals surface area contributed by atoms with E-state index in [9.17, 15) is 28.7 Å². The van der Waals surface area contributed by atoms with E-state index in [0.29, 0.717) is 68.1 Å². The van der Waals surface area contributed by atoms with E-state index in [-0.39, 0.29) is 18.1 Å². The Morgan fingerprint density at radius 2 is 1.89 bits per heavy atom. The lowest BCUT2D eigenvalue weighted by Crippen LogP contribution is -2.51. The number of likely N-dealkylation sites (tertiary alicyclic amines) is 2.